The van der Waals surface area contributed by atoms with Crippen LogP contribution in [0.2, 0.25) is 0 Å². The summed E-state index contributed by atoms with van der Waals surface area (Å²) in [6.07, 6.45) is 10.6. The SMILES string of the molecule is COC(=O)c1ccc(CN2C(=CC=C3C(=O)OC4(CCC(C5CCC6(CC5)OC(=O)C(=CC=C5N(Cc7ccc(C(=O)OC)cc7)c7ccccc7C5(C)C)C(=O)O6)CC4)OC3=O)C(C)(C)c3ccccc32)cc1. The van der Waals surface area contributed by atoms with Gasteiger partial charge in [0.2, 0.25) is 0 Å². The van der Waals surface area contributed by atoms with Gasteiger partial charge < -0.3 is 38.2 Å². The second-order valence-corrected chi connectivity index (χ2v) is 21.2. The number of fused-ring (bicyclic) bond motifs is 2. The molecule has 2 spiro atoms. The molecule has 4 aromatic rings. The monoisotopic (exact) mass is 1000 g/mol. The smallest absolute Gasteiger partial charge is 0.348 e. The number of hydrogen-bond acceptors (Lipinski definition) is 14. The quantitative estimate of drug-likeness (QED) is 0.0673. The summed E-state index contributed by atoms with van der Waals surface area (Å²) < 4.78 is 33.8. The van der Waals surface area contributed by atoms with Crippen LogP contribution in [-0.2, 0) is 71.5 Å². The van der Waals surface area contributed by atoms with E-state index in [1.165, 1.54) is 26.4 Å². The number of carbonyl (C=O) groups excluding carboxylic acids is 6. The number of allylic oxidation sites excluding steroid dienone is 6. The Balaban J connectivity index is 0.763. The van der Waals surface area contributed by atoms with Crippen molar-refractivity contribution in [2.75, 3.05) is 24.0 Å². The van der Waals surface area contributed by atoms with Crippen LogP contribution in [0.25, 0.3) is 0 Å². The maximum atomic E-state index is 13.7. The Hall–Kier alpha value is -7.74. The largest absolute Gasteiger partial charge is 0.465 e. The third-order valence-corrected chi connectivity index (χ3v) is 16.1. The first kappa shape index (κ1) is 49.8. The molecular formula is C60H60N2O12. The van der Waals surface area contributed by atoms with Gasteiger partial charge in [0, 0.05) is 72.4 Å². The third kappa shape index (κ3) is 9.08. The van der Waals surface area contributed by atoms with E-state index in [0.717, 1.165) is 45.0 Å². The standard InChI is InChI=1S/C60H60N2O12/c1-57(2)45-11-7-9-13-47(45)61(35-37-15-19-41(20-16-37)51(63)69-5)49(57)25-23-43-53(65)71-59(72-54(43)66)31-27-39(28-32-59)40-29-33-60(34-30-40)73-55(67)44(56(68)74-60)24-26-50-58(3,4)46-12-8-10-14-48(46)62(50)36-38-17-21-42(22-18-38)52(64)70-6/h7-26,39-40H,27-36H2,1-6H3. The van der Waals surface area contributed by atoms with Gasteiger partial charge in [0.05, 0.1) is 25.3 Å². The van der Waals surface area contributed by atoms with E-state index in [2.05, 4.69) is 49.6 Å². The first-order chi connectivity index (χ1) is 35.4. The van der Waals surface area contributed by atoms with Crippen molar-refractivity contribution < 1.29 is 57.2 Å². The molecule has 4 fully saturated rings. The summed E-state index contributed by atoms with van der Waals surface area (Å²) in [6, 6.07) is 30.6. The number of rotatable bonds is 9. The van der Waals surface area contributed by atoms with Gasteiger partial charge in [-0.3, -0.25) is 0 Å². The Morgan fingerprint density at radius 1 is 0.500 bits per heavy atom. The summed E-state index contributed by atoms with van der Waals surface area (Å²) in [5.41, 5.74) is 7.39. The molecule has 0 atom stereocenters. The van der Waals surface area contributed by atoms with Crippen LogP contribution in [0.3, 0.4) is 0 Å². The molecule has 0 N–H and O–H groups in total. The van der Waals surface area contributed by atoms with E-state index in [4.69, 9.17) is 28.4 Å². The van der Waals surface area contributed by atoms with E-state index < -0.39 is 58.2 Å². The molecule has 74 heavy (non-hydrogen) atoms. The highest BCUT2D eigenvalue weighted by Crippen LogP contribution is 2.51. The fourth-order valence-electron chi connectivity index (χ4n) is 11.9. The number of esters is 6. The summed E-state index contributed by atoms with van der Waals surface area (Å²) in [5.74, 6) is -5.97. The minimum Gasteiger partial charge on any atom is -0.465 e. The molecule has 2 aliphatic carbocycles. The van der Waals surface area contributed by atoms with Crippen molar-refractivity contribution in [2.24, 2.45) is 11.8 Å². The Morgan fingerprint density at radius 2 is 0.824 bits per heavy atom. The van der Waals surface area contributed by atoms with Crippen molar-refractivity contribution in [3.05, 3.63) is 177 Å². The molecule has 0 unspecified atom stereocenters. The molecular weight excluding hydrogens is 941 g/mol. The average Bonchev–Trinajstić information content (AvgIpc) is 3.73. The van der Waals surface area contributed by atoms with Gasteiger partial charge in [-0.25, -0.2) is 28.8 Å². The minimum absolute atomic E-state index is 0.182. The fourth-order valence-corrected chi connectivity index (χ4v) is 11.9. The number of nitrogens with zero attached hydrogens (tertiary/aromatic N) is 2. The van der Waals surface area contributed by atoms with Gasteiger partial charge in [-0.1, -0.05) is 88.4 Å². The number of ether oxygens (including phenoxy) is 6. The Kier molecular flexibility index (Phi) is 13.0. The van der Waals surface area contributed by atoms with Gasteiger partial charge in [0.25, 0.3) is 11.6 Å². The zero-order valence-corrected chi connectivity index (χ0v) is 42.6. The van der Waals surface area contributed by atoms with Crippen LogP contribution in [0.4, 0.5) is 11.4 Å². The van der Waals surface area contributed by atoms with Crippen molar-refractivity contribution in [1.29, 1.82) is 0 Å². The summed E-state index contributed by atoms with van der Waals surface area (Å²) in [7, 11) is 2.69. The van der Waals surface area contributed by atoms with Crippen LogP contribution in [0, 0.1) is 11.8 Å². The molecule has 2 saturated carbocycles. The molecule has 6 aliphatic rings. The zero-order valence-electron chi connectivity index (χ0n) is 42.6. The van der Waals surface area contributed by atoms with Crippen molar-refractivity contribution in [1.82, 2.24) is 0 Å². The van der Waals surface area contributed by atoms with Crippen molar-refractivity contribution in [3.63, 3.8) is 0 Å². The van der Waals surface area contributed by atoms with Crippen LogP contribution in [0.5, 0.6) is 0 Å². The molecule has 0 aromatic heterocycles. The Bertz CT molecular complexity index is 2820. The number of carbonyl (C=O) groups is 6. The lowest BCUT2D eigenvalue weighted by atomic mass is 9.70. The second-order valence-electron chi connectivity index (χ2n) is 21.2. The molecule has 0 radical (unpaired) electrons. The summed E-state index contributed by atoms with van der Waals surface area (Å²) >= 11 is 0. The Morgan fingerprint density at radius 3 is 1.15 bits per heavy atom. The second kappa shape index (κ2) is 19.3. The molecule has 4 aliphatic heterocycles. The lowest BCUT2D eigenvalue weighted by molar-refractivity contribution is -0.255. The molecule has 4 heterocycles. The van der Waals surface area contributed by atoms with Crippen LogP contribution in [0.1, 0.15) is 122 Å². The topological polar surface area (TPSA) is 164 Å². The van der Waals surface area contributed by atoms with Crippen LogP contribution >= 0.6 is 0 Å². The maximum Gasteiger partial charge on any atom is 0.348 e. The van der Waals surface area contributed by atoms with Crippen molar-refractivity contribution in [3.8, 4) is 0 Å². The first-order valence-electron chi connectivity index (χ1n) is 25.3. The number of benzene rings is 4. The molecule has 14 nitrogen and oxygen atoms in total. The lowest BCUT2D eigenvalue weighted by Gasteiger charge is -2.46. The fraction of sp³-hybridized carbons (Fsp3) is 0.367. The van der Waals surface area contributed by atoms with E-state index in [1.54, 1.807) is 36.4 Å². The van der Waals surface area contributed by atoms with Crippen molar-refractivity contribution >= 4 is 47.2 Å². The molecule has 14 heteroatoms. The number of anilines is 2. The number of hydrogen-bond donors (Lipinski definition) is 0. The van der Waals surface area contributed by atoms with Gasteiger partial charge in [-0.05, 0) is 120 Å². The highest BCUT2D eigenvalue weighted by Gasteiger charge is 2.53. The molecule has 4 aromatic carbocycles. The van der Waals surface area contributed by atoms with Gasteiger partial charge in [0.1, 0.15) is 11.1 Å². The molecule has 382 valence electrons. The summed E-state index contributed by atoms with van der Waals surface area (Å²) in [4.78, 5) is 83.3. The van der Waals surface area contributed by atoms with E-state index in [9.17, 15) is 28.8 Å². The minimum atomic E-state index is -1.35. The number of methoxy groups -OCH3 is 2. The van der Waals surface area contributed by atoms with Gasteiger partial charge in [-0.15, -0.1) is 0 Å². The average molecular weight is 1000 g/mol. The van der Waals surface area contributed by atoms with Crippen molar-refractivity contribution in [2.45, 2.75) is 115 Å². The van der Waals surface area contributed by atoms with Crippen LogP contribution in [-0.4, -0.2) is 61.6 Å². The highest BCUT2D eigenvalue weighted by molar-refractivity contribution is 6.16. The first-order valence-corrected chi connectivity index (χ1v) is 25.3. The van der Waals surface area contributed by atoms with E-state index >= 15 is 0 Å². The van der Waals surface area contributed by atoms with Crippen LogP contribution in [0.15, 0.2) is 144 Å². The summed E-state index contributed by atoms with van der Waals surface area (Å²) in [5, 5.41) is 0. The number of para-hydroxylation sites is 2. The van der Waals surface area contributed by atoms with Gasteiger partial charge in [-0.2, -0.15) is 0 Å². The van der Waals surface area contributed by atoms with E-state index in [1.807, 2.05) is 60.7 Å². The predicted octanol–water partition coefficient (Wildman–Crippen LogP) is 10.1. The normalized spacial score (nSPS) is 25.8. The molecule has 2 saturated heterocycles. The third-order valence-electron chi connectivity index (χ3n) is 16.1. The zero-order chi connectivity index (χ0) is 52.2. The predicted molar refractivity (Wildman–Crippen MR) is 273 cm³/mol. The van der Waals surface area contributed by atoms with Crippen LogP contribution < -0.4 is 9.80 Å². The molecule has 0 bridgehead atoms. The highest BCUT2D eigenvalue weighted by atomic mass is 16.8. The van der Waals surface area contributed by atoms with Gasteiger partial charge >= 0.3 is 35.8 Å². The Labute approximate surface area is 430 Å². The van der Waals surface area contributed by atoms with Gasteiger partial charge in [0.15, 0.2) is 0 Å². The maximum absolute atomic E-state index is 13.7. The molecule has 10 rings (SSSR count). The van der Waals surface area contributed by atoms with E-state index in [-0.39, 0.29) is 23.0 Å². The lowest BCUT2D eigenvalue weighted by Crippen LogP contribution is -2.51. The summed E-state index contributed by atoms with van der Waals surface area (Å²) in [6.45, 7) is 9.33. The molecule has 0 amide bonds. The van der Waals surface area contributed by atoms with E-state index in [0.29, 0.717) is 75.6 Å².